The first kappa shape index (κ1) is 13.5. The molecular weight excluding hydrogens is 262 g/mol. The summed E-state index contributed by atoms with van der Waals surface area (Å²) >= 11 is 0. The van der Waals surface area contributed by atoms with Crippen LogP contribution in [0, 0.1) is 0 Å². The Morgan fingerprint density at radius 1 is 0.850 bits per heavy atom. The van der Waals surface area contributed by atoms with E-state index in [9.17, 15) is 0 Å². The van der Waals surface area contributed by atoms with Gasteiger partial charge in [0.05, 0.1) is 0 Å². The first-order valence-electron chi connectivity index (χ1n) is 7.03. The number of hydrogen-bond acceptors (Lipinski definition) is 1. The fraction of sp³-hybridized carbons (Fsp3) is 0.222. The lowest BCUT2D eigenvalue weighted by molar-refractivity contribution is 0.573. The molecule has 0 heterocycles. The largest absolute Gasteiger partial charge is 0.324 e. The van der Waals surface area contributed by atoms with Gasteiger partial charge in [-0.2, -0.15) is 13.5 Å². The third-order valence-electron chi connectivity index (χ3n) is 4.42. The van der Waals surface area contributed by atoms with Crippen LogP contribution in [0.3, 0.4) is 0 Å². The average molecular weight is 281 g/mol. The molecule has 1 nitrogen and oxygen atoms in total. The maximum absolute atomic E-state index is 6.25. The fourth-order valence-electron chi connectivity index (χ4n) is 3.45. The van der Waals surface area contributed by atoms with Gasteiger partial charge in [-0.3, -0.25) is 0 Å². The Hall–Kier alpha value is -1.51. The van der Waals surface area contributed by atoms with Crippen molar-refractivity contribution >= 4 is 35.0 Å². The summed E-state index contributed by atoms with van der Waals surface area (Å²) in [7, 11) is 0. The van der Waals surface area contributed by atoms with Gasteiger partial charge in [0.25, 0.3) is 0 Å². The van der Waals surface area contributed by atoms with Crippen LogP contribution >= 0.6 is 13.5 Å². The van der Waals surface area contributed by atoms with Crippen molar-refractivity contribution < 1.29 is 0 Å². The van der Waals surface area contributed by atoms with E-state index in [0.29, 0.717) is 0 Å². The van der Waals surface area contributed by atoms with Crippen molar-refractivity contribution in [2.24, 2.45) is 5.73 Å². The number of hydrogen-bond donors (Lipinski definition) is 1. The van der Waals surface area contributed by atoms with Crippen molar-refractivity contribution in [2.45, 2.75) is 25.3 Å². The third kappa shape index (κ3) is 1.91. The van der Waals surface area contributed by atoms with Crippen LogP contribution in [0.15, 0.2) is 48.5 Å². The normalized spacial score (nSPS) is 17.8. The van der Waals surface area contributed by atoms with Gasteiger partial charge in [-0.25, -0.2) is 0 Å². The fourth-order valence-corrected chi connectivity index (χ4v) is 3.45. The monoisotopic (exact) mass is 281 g/mol. The molecule has 0 fully saturated rings. The van der Waals surface area contributed by atoms with Crippen molar-refractivity contribution in [2.75, 3.05) is 0 Å². The summed E-state index contributed by atoms with van der Waals surface area (Å²) in [6.45, 7) is 0. The lowest BCUT2D eigenvalue weighted by Crippen LogP contribution is -2.17. The number of benzene rings is 3. The van der Waals surface area contributed by atoms with Crippen LogP contribution in [0.1, 0.15) is 30.0 Å². The minimum Gasteiger partial charge on any atom is -0.324 e. The Kier molecular flexibility index (Phi) is 3.45. The van der Waals surface area contributed by atoms with E-state index < -0.39 is 0 Å². The summed E-state index contributed by atoms with van der Waals surface area (Å²) < 4.78 is 0. The Labute approximate surface area is 126 Å². The van der Waals surface area contributed by atoms with Crippen LogP contribution in [0.25, 0.3) is 21.5 Å². The second kappa shape index (κ2) is 5.12. The van der Waals surface area contributed by atoms with E-state index in [1.807, 2.05) is 0 Å². The van der Waals surface area contributed by atoms with E-state index in [0.717, 1.165) is 6.42 Å². The maximum atomic E-state index is 6.25. The molecule has 3 aromatic rings. The highest BCUT2D eigenvalue weighted by Gasteiger charge is 2.18. The molecule has 1 aliphatic rings. The van der Waals surface area contributed by atoms with Crippen LogP contribution in [0.2, 0.25) is 0 Å². The minimum absolute atomic E-state index is 0. The van der Waals surface area contributed by atoms with Crippen LogP contribution in [0.4, 0.5) is 0 Å². The predicted molar refractivity (Wildman–Crippen MR) is 91.7 cm³/mol. The first-order valence-corrected chi connectivity index (χ1v) is 7.03. The molecule has 1 aliphatic carbocycles. The van der Waals surface area contributed by atoms with Gasteiger partial charge in [-0.05, 0) is 51.9 Å². The average Bonchev–Trinajstić information content (AvgIpc) is 2.47. The molecule has 4 rings (SSSR count). The SMILES string of the molecule is NC1CCCc2c1ccc1c2ccc2ccccc21.S. The number of nitrogens with two attached hydrogens (primary N) is 1. The summed E-state index contributed by atoms with van der Waals surface area (Å²) in [6, 6.07) is 17.8. The maximum Gasteiger partial charge on any atom is 0.0297 e. The zero-order chi connectivity index (χ0) is 12.8. The summed E-state index contributed by atoms with van der Waals surface area (Å²) in [5.74, 6) is 0. The first-order chi connectivity index (χ1) is 9.34. The molecule has 1 unspecified atom stereocenters. The van der Waals surface area contributed by atoms with E-state index in [2.05, 4.69) is 48.5 Å². The van der Waals surface area contributed by atoms with E-state index >= 15 is 0 Å². The van der Waals surface area contributed by atoms with Crippen LogP contribution < -0.4 is 5.73 Å². The molecule has 102 valence electrons. The zero-order valence-electron chi connectivity index (χ0n) is 11.4. The van der Waals surface area contributed by atoms with Gasteiger partial charge in [0, 0.05) is 6.04 Å². The number of aryl methyl sites for hydroxylation is 1. The lowest BCUT2D eigenvalue weighted by atomic mass is 9.84. The lowest BCUT2D eigenvalue weighted by Gasteiger charge is -2.24. The Bertz CT molecular complexity index is 779. The number of fused-ring (bicyclic) bond motifs is 5. The van der Waals surface area contributed by atoms with Crippen LogP contribution in [-0.2, 0) is 6.42 Å². The molecule has 20 heavy (non-hydrogen) atoms. The summed E-state index contributed by atoms with van der Waals surface area (Å²) in [5.41, 5.74) is 9.08. The second-order valence-corrected chi connectivity index (χ2v) is 5.51. The van der Waals surface area contributed by atoms with Gasteiger partial charge < -0.3 is 5.73 Å². The predicted octanol–water partition coefficient (Wildman–Crippen LogP) is 4.44. The highest BCUT2D eigenvalue weighted by molar-refractivity contribution is 7.59. The molecule has 0 aromatic heterocycles. The van der Waals surface area contributed by atoms with E-state index in [4.69, 9.17) is 5.73 Å². The Morgan fingerprint density at radius 3 is 2.55 bits per heavy atom. The van der Waals surface area contributed by atoms with Crippen molar-refractivity contribution in [3.8, 4) is 0 Å². The van der Waals surface area contributed by atoms with Crippen molar-refractivity contribution in [1.82, 2.24) is 0 Å². The molecule has 0 saturated heterocycles. The van der Waals surface area contributed by atoms with Gasteiger partial charge in [-0.1, -0.05) is 48.5 Å². The molecule has 0 bridgehead atoms. The van der Waals surface area contributed by atoms with E-state index in [1.165, 1.54) is 45.5 Å². The van der Waals surface area contributed by atoms with Crippen LogP contribution in [-0.4, -0.2) is 0 Å². The quantitative estimate of drug-likeness (QED) is 0.606. The third-order valence-corrected chi connectivity index (χ3v) is 4.42. The molecule has 0 saturated carbocycles. The van der Waals surface area contributed by atoms with Crippen LogP contribution in [0.5, 0.6) is 0 Å². The Morgan fingerprint density at radius 2 is 1.65 bits per heavy atom. The smallest absolute Gasteiger partial charge is 0.0297 e. The topological polar surface area (TPSA) is 26.0 Å². The second-order valence-electron chi connectivity index (χ2n) is 5.51. The van der Waals surface area contributed by atoms with Gasteiger partial charge in [-0.15, -0.1) is 0 Å². The molecule has 2 N–H and O–H groups in total. The highest BCUT2D eigenvalue weighted by atomic mass is 32.1. The summed E-state index contributed by atoms with van der Waals surface area (Å²) in [4.78, 5) is 0. The van der Waals surface area contributed by atoms with Gasteiger partial charge in [0.1, 0.15) is 0 Å². The molecular formula is C18H19NS. The van der Waals surface area contributed by atoms with E-state index in [-0.39, 0.29) is 19.5 Å². The molecule has 1 atom stereocenters. The zero-order valence-corrected chi connectivity index (χ0v) is 12.4. The summed E-state index contributed by atoms with van der Waals surface area (Å²) in [5, 5.41) is 5.43. The molecule has 0 radical (unpaired) electrons. The molecule has 2 heteroatoms. The summed E-state index contributed by atoms with van der Waals surface area (Å²) in [6.07, 6.45) is 3.49. The van der Waals surface area contributed by atoms with Gasteiger partial charge >= 0.3 is 0 Å². The molecule has 0 aliphatic heterocycles. The molecule has 0 spiro atoms. The van der Waals surface area contributed by atoms with Gasteiger partial charge in [0.15, 0.2) is 0 Å². The van der Waals surface area contributed by atoms with E-state index in [1.54, 1.807) is 0 Å². The molecule has 0 amide bonds. The van der Waals surface area contributed by atoms with Crippen molar-refractivity contribution in [1.29, 1.82) is 0 Å². The Balaban J connectivity index is 0.00000121. The standard InChI is InChI=1S/C18H17N.H2S/c19-18-7-3-6-14-16-9-8-12-4-1-2-5-13(12)15(16)10-11-17(14)18;/h1-2,4-5,8-11,18H,3,6-7,19H2;1H2. The van der Waals surface area contributed by atoms with Crippen molar-refractivity contribution in [3.63, 3.8) is 0 Å². The van der Waals surface area contributed by atoms with Gasteiger partial charge in [0.2, 0.25) is 0 Å². The minimum atomic E-state index is 0. The highest BCUT2D eigenvalue weighted by Crippen LogP contribution is 2.36. The number of rotatable bonds is 0. The molecule has 3 aromatic carbocycles. The van der Waals surface area contributed by atoms with Crippen molar-refractivity contribution in [3.05, 3.63) is 59.7 Å².